The Kier molecular flexibility index (Phi) is 7.96. The molecule has 2 aliphatic rings. The Morgan fingerprint density at radius 2 is 1.87 bits per heavy atom. The van der Waals surface area contributed by atoms with Gasteiger partial charge >= 0.3 is 179 Å². The van der Waals surface area contributed by atoms with E-state index in [9.17, 15) is 0 Å². The molecule has 0 spiro atoms. The van der Waals surface area contributed by atoms with Crippen LogP contribution in [0.1, 0.15) is 47.4 Å². The molecular formula is C25H24Cl2N2Zr. The molecule has 0 bridgehead atoms. The van der Waals surface area contributed by atoms with Gasteiger partial charge in [0.25, 0.3) is 0 Å². The van der Waals surface area contributed by atoms with Gasteiger partial charge < -0.3 is 24.8 Å². The molecule has 1 unspecified atom stereocenters. The number of para-hydroxylation sites is 2. The molecule has 2 aromatic carbocycles. The molecule has 0 saturated carbocycles. The Bertz CT molecular complexity index is 1130. The zero-order chi connectivity index (χ0) is 18.9. The van der Waals surface area contributed by atoms with Gasteiger partial charge in [-0.1, -0.05) is 0 Å². The summed E-state index contributed by atoms with van der Waals surface area (Å²) in [6.45, 7) is 2.29. The van der Waals surface area contributed by atoms with Crippen molar-refractivity contribution < 1.29 is 48.0 Å². The number of imidazole rings is 1. The van der Waals surface area contributed by atoms with Crippen LogP contribution in [0.4, 0.5) is 0 Å². The Balaban J connectivity index is 0.00000128. The fraction of sp³-hybridized carbons (Fsp3) is 0.240. The van der Waals surface area contributed by atoms with Crippen molar-refractivity contribution in [2.75, 3.05) is 0 Å². The largest absolute Gasteiger partial charge is 1.00 e. The van der Waals surface area contributed by atoms with Crippen LogP contribution in [0.15, 0.2) is 75.9 Å². The number of aromatic nitrogens is 2. The van der Waals surface area contributed by atoms with Gasteiger partial charge in [0.1, 0.15) is 0 Å². The topological polar surface area (TPSA) is 17.8 Å². The molecule has 0 N–H and O–H groups in total. The first-order valence-electron chi connectivity index (χ1n) is 10.2. The number of allylic oxidation sites excluding steroid dienone is 5. The van der Waals surface area contributed by atoms with Gasteiger partial charge in [-0.25, -0.2) is 0 Å². The third kappa shape index (κ3) is 4.31. The van der Waals surface area contributed by atoms with Crippen molar-refractivity contribution in [1.29, 1.82) is 0 Å². The number of hydrogen-bond donors (Lipinski definition) is 0. The normalized spacial score (nSPS) is 16.7. The summed E-state index contributed by atoms with van der Waals surface area (Å²) < 4.78 is 4.69. The van der Waals surface area contributed by atoms with E-state index in [0.717, 1.165) is 5.52 Å². The fourth-order valence-corrected chi connectivity index (χ4v) is 8.65. The number of hydrogen-bond acceptors (Lipinski definition) is 1. The predicted molar refractivity (Wildman–Crippen MR) is 113 cm³/mol. The summed E-state index contributed by atoms with van der Waals surface area (Å²) >= 11 is -0.804. The van der Waals surface area contributed by atoms with Gasteiger partial charge in [0.05, 0.1) is 0 Å². The van der Waals surface area contributed by atoms with Crippen molar-refractivity contribution in [3.05, 3.63) is 87.0 Å². The summed E-state index contributed by atoms with van der Waals surface area (Å²) in [7, 11) is 0. The first-order valence-corrected chi connectivity index (χ1v) is 12.9. The molecule has 0 saturated heterocycles. The fourth-order valence-electron chi connectivity index (χ4n) is 4.31. The molecule has 0 aliphatic heterocycles. The number of halogens is 2. The SMILES string of the molecule is CCCCC1=[C]([Zr+2][CH]2C(n3cnc4ccccc43)=Cc3ccccc32)CC=C1.[Cl-].[Cl-]. The van der Waals surface area contributed by atoms with Crippen molar-refractivity contribution >= 4 is 22.8 Å². The molecule has 1 atom stereocenters. The second kappa shape index (κ2) is 10.3. The van der Waals surface area contributed by atoms with Crippen LogP contribution in [0.2, 0.25) is 0 Å². The van der Waals surface area contributed by atoms with Crippen LogP contribution in [-0.2, 0) is 23.2 Å². The third-order valence-corrected chi connectivity index (χ3v) is 10.1. The summed E-state index contributed by atoms with van der Waals surface area (Å²) in [6.07, 6.45) is 14.2. The molecule has 0 fully saturated rings. The molecule has 0 radical (unpaired) electrons. The van der Waals surface area contributed by atoms with Crippen LogP contribution < -0.4 is 24.8 Å². The quantitative estimate of drug-likeness (QED) is 0.471. The maximum atomic E-state index is 4.66. The van der Waals surface area contributed by atoms with E-state index >= 15 is 0 Å². The van der Waals surface area contributed by atoms with Crippen molar-refractivity contribution in [3.63, 3.8) is 0 Å². The maximum absolute atomic E-state index is 4.66. The van der Waals surface area contributed by atoms with E-state index in [1.165, 1.54) is 48.0 Å². The summed E-state index contributed by atoms with van der Waals surface area (Å²) in [5, 5.41) is 0. The van der Waals surface area contributed by atoms with Gasteiger partial charge in [0.15, 0.2) is 0 Å². The molecule has 2 nitrogen and oxygen atoms in total. The van der Waals surface area contributed by atoms with Crippen LogP contribution >= 0.6 is 0 Å². The minimum absolute atomic E-state index is 0. The standard InChI is InChI=1S/C16H11N2.C9H13.2ClH.Zr/c1-2-6-13-10-14(9-12(13)5-1)18-11-17-15-7-3-4-8-16(15)18;1-2-3-6-9-7-4-5-8-9;;;/h1-11H;4,7H,2-3,5-6H2,1H3;2*1H;/q;;;;+2/p-2. The summed E-state index contributed by atoms with van der Waals surface area (Å²) in [5.41, 5.74) is 8.28. The van der Waals surface area contributed by atoms with Gasteiger partial charge in [0, 0.05) is 0 Å². The van der Waals surface area contributed by atoms with Gasteiger partial charge in [-0.2, -0.15) is 0 Å². The monoisotopic (exact) mass is 512 g/mol. The number of unbranched alkanes of at least 4 members (excludes halogenated alkanes) is 1. The van der Waals surface area contributed by atoms with E-state index in [2.05, 4.69) is 83.2 Å². The molecule has 0 amide bonds. The molecule has 1 heterocycles. The minimum atomic E-state index is -0.804. The van der Waals surface area contributed by atoms with E-state index in [1.807, 2.05) is 6.33 Å². The van der Waals surface area contributed by atoms with Crippen LogP contribution in [0, 0.1) is 0 Å². The van der Waals surface area contributed by atoms with Crippen LogP contribution in [-0.4, -0.2) is 9.55 Å². The molecule has 30 heavy (non-hydrogen) atoms. The van der Waals surface area contributed by atoms with Crippen molar-refractivity contribution in [2.24, 2.45) is 0 Å². The second-order valence-corrected chi connectivity index (χ2v) is 11.2. The average molecular weight is 515 g/mol. The van der Waals surface area contributed by atoms with Crippen LogP contribution in [0.5, 0.6) is 0 Å². The minimum Gasteiger partial charge on any atom is -1.00 e. The zero-order valence-corrected chi connectivity index (χ0v) is 21.0. The van der Waals surface area contributed by atoms with Crippen molar-refractivity contribution in [1.82, 2.24) is 9.55 Å². The van der Waals surface area contributed by atoms with E-state index in [-0.39, 0.29) is 24.8 Å². The van der Waals surface area contributed by atoms with E-state index < -0.39 is 23.2 Å². The van der Waals surface area contributed by atoms with E-state index in [0.29, 0.717) is 3.63 Å². The number of rotatable bonds is 6. The van der Waals surface area contributed by atoms with E-state index in [1.54, 1.807) is 8.85 Å². The number of fused-ring (bicyclic) bond motifs is 2. The van der Waals surface area contributed by atoms with E-state index in [4.69, 9.17) is 0 Å². The first-order chi connectivity index (χ1) is 13.8. The Morgan fingerprint density at radius 3 is 2.73 bits per heavy atom. The molecule has 2 aliphatic carbocycles. The Hall–Kier alpha value is -1.41. The molecular weight excluding hydrogens is 490 g/mol. The maximum Gasteiger partial charge on any atom is -1.00 e. The van der Waals surface area contributed by atoms with Gasteiger partial charge in [-0.3, -0.25) is 0 Å². The second-order valence-electron chi connectivity index (χ2n) is 7.59. The summed E-state index contributed by atoms with van der Waals surface area (Å²) in [5.74, 6) is 0. The third-order valence-electron chi connectivity index (χ3n) is 5.78. The van der Waals surface area contributed by atoms with Crippen molar-refractivity contribution in [3.8, 4) is 0 Å². The van der Waals surface area contributed by atoms with Crippen molar-refractivity contribution in [2.45, 2.75) is 36.2 Å². The van der Waals surface area contributed by atoms with Crippen LogP contribution in [0.3, 0.4) is 0 Å². The van der Waals surface area contributed by atoms with Gasteiger partial charge in [-0.05, 0) is 0 Å². The zero-order valence-electron chi connectivity index (χ0n) is 17.0. The smallest absolute Gasteiger partial charge is 1.00 e. The molecule has 5 rings (SSSR count). The Morgan fingerprint density at radius 1 is 1.07 bits per heavy atom. The number of benzene rings is 2. The molecule has 5 heteroatoms. The molecule has 152 valence electrons. The van der Waals surface area contributed by atoms with Gasteiger partial charge in [0.2, 0.25) is 0 Å². The summed E-state index contributed by atoms with van der Waals surface area (Å²) in [6, 6.07) is 17.5. The summed E-state index contributed by atoms with van der Waals surface area (Å²) in [4.78, 5) is 4.66. The van der Waals surface area contributed by atoms with Crippen LogP contribution in [0.25, 0.3) is 22.8 Å². The first kappa shape index (κ1) is 23.3. The van der Waals surface area contributed by atoms with Gasteiger partial charge in [-0.15, -0.1) is 0 Å². The molecule has 1 aromatic heterocycles. The average Bonchev–Trinajstić information content (AvgIpc) is 3.44. The molecule has 3 aromatic rings. The predicted octanol–water partition coefficient (Wildman–Crippen LogP) is 0.584. The number of nitrogens with zero attached hydrogens (tertiary/aromatic N) is 2. The Labute approximate surface area is 202 Å².